The number of halogens is 3. The summed E-state index contributed by atoms with van der Waals surface area (Å²) in [7, 11) is -2.03. The van der Waals surface area contributed by atoms with Crippen LogP contribution in [0.4, 0.5) is 18.7 Å². The molecule has 9 nitrogen and oxygen atoms in total. The van der Waals surface area contributed by atoms with E-state index in [-0.39, 0.29) is 46.8 Å². The highest BCUT2D eigenvalue weighted by atomic mass is 19.2. The second-order valence-corrected chi connectivity index (χ2v) is 11.0. The summed E-state index contributed by atoms with van der Waals surface area (Å²) in [5.74, 6) is -2.25. The lowest BCUT2D eigenvalue weighted by Crippen LogP contribution is -2.35. The summed E-state index contributed by atoms with van der Waals surface area (Å²) in [6.45, 7) is 10.7. The summed E-state index contributed by atoms with van der Waals surface area (Å²) in [5, 5.41) is 2.70. The quantitative estimate of drug-likeness (QED) is 0.360. The first-order valence-corrected chi connectivity index (χ1v) is 13.4. The first kappa shape index (κ1) is 31.3. The zero-order valence-corrected chi connectivity index (χ0v) is 23.8. The van der Waals surface area contributed by atoms with Crippen molar-refractivity contribution in [1.82, 2.24) is 9.88 Å². The molecule has 1 aromatic heterocycles. The van der Waals surface area contributed by atoms with Crippen molar-refractivity contribution in [3.05, 3.63) is 33.9 Å². The van der Waals surface area contributed by atoms with Crippen molar-refractivity contribution in [3.63, 3.8) is 0 Å². The Bertz CT molecular complexity index is 1290. The van der Waals surface area contributed by atoms with Gasteiger partial charge >= 0.3 is 13.4 Å². The van der Waals surface area contributed by atoms with E-state index in [1.807, 2.05) is 34.6 Å². The van der Waals surface area contributed by atoms with Crippen LogP contribution >= 0.6 is 0 Å². The molecule has 220 valence electrons. The van der Waals surface area contributed by atoms with Crippen molar-refractivity contribution in [2.24, 2.45) is 5.92 Å². The number of amides is 1. The van der Waals surface area contributed by atoms with Crippen LogP contribution in [0.1, 0.15) is 70.3 Å². The molecular formula is C27H37BF3N3O6. The second-order valence-electron chi connectivity index (χ2n) is 11.0. The van der Waals surface area contributed by atoms with Crippen LogP contribution in [-0.2, 0) is 14.2 Å². The van der Waals surface area contributed by atoms with Gasteiger partial charge in [-0.3, -0.25) is 9.59 Å². The van der Waals surface area contributed by atoms with Gasteiger partial charge < -0.3 is 28.9 Å². The highest BCUT2D eigenvalue weighted by molar-refractivity contribution is 6.38. The molecule has 40 heavy (non-hydrogen) atoms. The third kappa shape index (κ3) is 7.70. The van der Waals surface area contributed by atoms with Crippen LogP contribution in [0, 0.1) is 11.7 Å². The van der Waals surface area contributed by atoms with Gasteiger partial charge in [0.2, 0.25) is 11.3 Å². The van der Waals surface area contributed by atoms with Gasteiger partial charge in [-0.15, -0.1) is 0 Å². The minimum Gasteiger partial charge on any atom is -0.492 e. The Morgan fingerprint density at radius 2 is 1.95 bits per heavy atom. The molecule has 1 saturated carbocycles. The van der Waals surface area contributed by atoms with E-state index >= 15 is 4.39 Å². The molecule has 1 atom stereocenters. The molecular weight excluding hydrogens is 530 g/mol. The van der Waals surface area contributed by atoms with Crippen molar-refractivity contribution >= 4 is 35.9 Å². The van der Waals surface area contributed by atoms with Crippen molar-refractivity contribution in [3.8, 4) is 5.75 Å². The molecule has 1 unspecified atom stereocenters. The molecule has 1 amide bonds. The van der Waals surface area contributed by atoms with Crippen LogP contribution in [0.5, 0.6) is 5.75 Å². The molecule has 3 rings (SSSR count). The van der Waals surface area contributed by atoms with Crippen LogP contribution in [0.25, 0.3) is 10.9 Å². The Balaban J connectivity index is 1.89. The van der Waals surface area contributed by atoms with Crippen molar-refractivity contribution in [2.45, 2.75) is 65.5 Å². The Morgan fingerprint density at radius 3 is 2.50 bits per heavy atom. The Labute approximate surface area is 232 Å². The lowest BCUT2D eigenvalue weighted by molar-refractivity contribution is -0.130. The van der Waals surface area contributed by atoms with Gasteiger partial charge in [0, 0.05) is 31.9 Å². The molecule has 1 aliphatic carbocycles. The van der Waals surface area contributed by atoms with Gasteiger partial charge in [-0.05, 0) is 58.9 Å². The third-order valence-electron chi connectivity index (χ3n) is 6.63. The Hall–Kier alpha value is -3.22. The standard InChI is InChI=1S/C27H37BF3N3O6/c1-7-33(11-10-16(2)13-32-21(35)15-39-27(3,4)5)23-20(29)12-18-22(25(23)38-6)34(17-8-9-17)14-19(24(18)36)26(37)40-28(30)31/h12,14,16-17H,7-11,13,15H2,1-6H3,(H,32,35). The van der Waals surface area contributed by atoms with Gasteiger partial charge in [-0.1, -0.05) is 6.92 Å². The zero-order chi connectivity index (χ0) is 29.8. The van der Waals surface area contributed by atoms with Crippen LogP contribution in [-0.4, -0.2) is 62.9 Å². The maximum atomic E-state index is 15.7. The summed E-state index contributed by atoms with van der Waals surface area (Å²) < 4.78 is 57.7. The summed E-state index contributed by atoms with van der Waals surface area (Å²) in [6, 6.07) is 0.920. The lowest BCUT2D eigenvalue weighted by atomic mass is 10.1. The van der Waals surface area contributed by atoms with E-state index in [2.05, 4.69) is 9.97 Å². The number of fused-ring (bicyclic) bond motifs is 1. The number of nitrogens with zero attached hydrogens (tertiary/aromatic N) is 2. The number of hydrogen-bond donors (Lipinski definition) is 1. The van der Waals surface area contributed by atoms with E-state index in [1.54, 1.807) is 9.47 Å². The number of nitrogens with one attached hydrogen (secondary N) is 1. The van der Waals surface area contributed by atoms with E-state index in [0.29, 0.717) is 26.1 Å². The van der Waals surface area contributed by atoms with E-state index in [9.17, 15) is 23.0 Å². The summed E-state index contributed by atoms with van der Waals surface area (Å²) in [6.07, 6.45) is 3.28. The maximum Gasteiger partial charge on any atom is 0.798 e. The van der Waals surface area contributed by atoms with Gasteiger partial charge in [0.15, 0.2) is 11.6 Å². The number of carbonyl (C=O) groups is 2. The molecule has 2 aromatic rings. The molecule has 1 aliphatic rings. The average molecular weight is 567 g/mol. The third-order valence-corrected chi connectivity index (χ3v) is 6.63. The number of anilines is 1. The minimum absolute atomic E-state index is 0.0406. The van der Waals surface area contributed by atoms with Gasteiger partial charge in [0.05, 0.1) is 23.6 Å². The SMILES string of the molecule is CCN(CCC(C)CNC(=O)COC(C)(C)C)c1c(F)cc2c(=O)c(C(=O)OB(F)F)cn(C3CC3)c2c1OC. The van der Waals surface area contributed by atoms with Gasteiger partial charge in [-0.2, -0.15) is 0 Å². The fourth-order valence-corrected chi connectivity index (χ4v) is 4.39. The molecule has 0 spiro atoms. The molecule has 0 bridgehead atoms. The monoisotopic (exact) mass is 567 g/mol. The molecule has 1 heterocycles. The number of hydrogen-bond acceptors (Lipinski definition) is 7. The molecule has 0 aliphatic heterocycles. The topological polar surface area (TPSA) is 99.1 Å². The number of ether oxygens (including phenoxy) is 2. The predicted molar refractivity (Wildman–Crippen MR) is 147 cm³/mol. The number of benzene rings is 1. The van der Waals surface area contributed by atoms with Crippen LogP contribution in [0.2, 0.25) is 0 Å². The highest BCUT2D eigenvalue weighted by Crippen LogP contribution is 2.43. The number of rotatable bonds is 13. The fraction of sp³-hybridized carbons (Fsp3) is 0.593. The molecule has 1 fully saturated rings. The number of methoxy groups -OCH3 is 1. The predicted octanol–water partition coefficient (Wildman–Crippen LogP) is 4.35. The van der Waals surface area contributed by atoms with Gasteiger partial charge in [0.1, 0.15) is 17.9 Å². The van der Waals surface area contributed by atoms with E-state index < -0.39 is 35.8 Å². The molecule has 13 heteroatoms. The first-order chi connectivity index (χ1) is 18.8. The fourth-order valence-electron chi connectivity index (χ4n) is 4.39. The van der Waals surface area contributed by atoms with Gasteiger partial charge in [-0.25, -0.2) is 17.8 Å². The minimum atomic E-state index is -3.39. The summed E-state index contributed by atoms with van der Waals surface area (Å²) in [5.41, 5.74) is -1.48. The second kappa shape index (κ2) is 13.0. The van der Waals surface area contributed by atoms with Gasteiger partial charge in [0.25, 0.3) is 0 Å². The van der Waals surface area contributed by atoms with Crippen molar-refractivity contribution in [1.29, 1.82) is 0 Å². The zero-order valence-electron chi connectivity index (χ0n) is 23.8. The lowest BCUT2D eigenvalue weighted by Gasteiger charge is -2.28. The normalized spacial score (nSPS) is 14.1. The van der Waals surface area contributed by atoms with Crippen LogP contribution in [0.15, 0.2) is 17.1 Å². The first-order valence-electron chi connectivity index (χ1n) is 13.4. The van der Waals surface area contributed by atoms with Crippen molar-refractivity contribution < 1.29 is 36.7 Å². The number of aromatic nitrogens is 1. The maximum absolute atomic E-state index is 15.7. The largest absolute Gasteiger partial charge is 0.798 e. The van der Waals surface area contributed by atoms with E-state index in [1.165, 1.54) is 13.3 Å². The molecule has 0 saturated heterocycles. The highest BCUT2D eigenvalue weighted by Gasteiger charge is 2.33. The molecule has 1 aromatic carbocycles. The number of pyridine rings is 1. The van der Waals surface area contributed by atoms with E-state index in [4.69, 9.17) is 9.47 Å². The number of carbonyl (C=O) groups excluding carboxylic acids is 2. The average Bonchev–Trinajstić information content (AvgIpc) is 3.71. The smallest absolute Gasteiger partial charge is 0.492 e. The summed E-state index contributed by atoms with van der Waals surface area (Å²) >= 11 is 0. The summed E-state index contributed by atoms with van der Waals surface area (Å²) in [4.78, 5) is 39.2. The van der Waals surface area contributed by atoms with E-state index in [0.717, 1.165) is 18.9 Å². The Morgan fingerprint density at radius 1 is 1.27 bits per heavy atom. The van der Waals surface area contributed by atoms with Crippen LogP contribution < -0.4 is 20.4 Å². The molecule has 1 N–H and O–H groups in total. The van der Waals surface area contributed by atoms with Crippen molar-refractivity contribution in [2.75, 3.05) is 38.3 Å². The molecule has 0 radical (unpaired) electrons. The van der Waals surface area contributed by atoms with Crippen LogP contribution in [0.3, 0.4) is 0 Å². The Kier molecular flexibility index (Phi) is 10.2.